The van der Waals surface area contributed by atoms with Gasteiger partial charge in [0, 0.05) is 10.9 Å². The van der Waals surface area contributed by atoms with Crippen molar-refractivity contribution in [1.82, 2.24) is 9.88 Å². The molecule has 0 saturated carbocycles. The maximum atomic E-state index is 13.5. The molecular formula is C21H17F2N3O2S. The summed E-state index contributed by atoms with van der Waals surface area (Å²) in [7, 11) is 0. The number of rotatable bonds is 6. The van der Waals surface area contributed by atoms with Crippen LogP contribution in [0.1, 0.15) is 5.01 Å². The summed E-state index contributed by atoms with van der Waals surface area (Å²) in [5.41, 5.74) is 1.25. The van der Waals surface area contributed by atoms with Gasteiger partial charge in [-0.1, -0.05) is 18.2 Å². The third-order valence-electron chi connectivity index (χ3n) is 4.49. The largest absolute Gasteiger partial charge is 0.510 e. The van der Waals surface area contributed by atoms with E-state index in [0.717, 1.165) is 17.9 Å². The van der Waals surface area contributed by atoms with Gasteiger partial charge in [0.25, 0.3) is 0 Å². The Labute approximate surface area is 170 Å². The summed E-state index contributed by atoms with van der Waals surface area (Å²) < 4.78 is 32.3. The van der Waals surface area contributed by atoms with Gasteiger partial charge in [-0.2, -0.15) is 0 Å². The van der Waals surface area contributed by atoms with Crippen LogP contribution in [0.4, 0.5) is 8.78 Å². The molecule has 29 heavy (non-hydrogen) atoms. The van der Waals surface area contributed by atoms with Crippen molar-refractivity contribution in [2.24, 2.45) is 0 Å². The Kier molecular flexibility index (Phi) is 5.26. The average molecular weight is 413 g/mol. The lowest BCUT2D eigenvalue weighted by molar-refractivity contribution is 0.265. The second kappa shape index (κ2) is 8.00. The topological polar surface area (TPSA) is 69.4 Å². The zero-order valence-electron chi connectivity index (χ0n) is 15.2. The van der Waals surface area contributed by atoms with Gasteiger partial charge in [0.15, 0.2) is 11.6 Å². The maximum Gasteiger partial charge on any atom is 0.159 e. The maximum absolute atomic E-state index is 13.5. The third kappa shape index (κ3) is 3.97. The molecular weight excluding hydrogens is 396 g/mol. The van der Waals surface area contributed by atoms with Gasteiger partial charge < -0.3 is 14.7 Å². The van der Waals surface area contributed by atoms with Gasteiger partial charge in [0.2, 0.25) is 0 Å². The lowest BCUT2D eigenvalue weighted by Crippen LogP contribution is -2.31. The number of amidine groups is 1. The van der Waals surface area contributed by atoms with E-state index in [4.69, 9.17) is 10.1 Å². The molecule has 148 valence electrons. The summed E-state index contributed by atoms with van der Waals surface area (Å²) in [6.07, 6.45) is 0. The molecule has 1 aliphatic rings. The van der Waals surface area contributed by atoms with Gasteiger partial charge in [-0.25, -0.2) is 13.8 Å². The molecule has 0 radical (unpaired) electrons. The Hall–Kier alpha value is -3.26. The highest BCUT2D eigenvalue weighted by Crippen LogP contribution is 2.32. The summed E-state index contributed by atoms with van der Waals surface area (Å²) in [5.74, 6) is -0.911. The molecule has 3 aromatic rings. The minimum absolute atomic E-state index is 0.0564. The number of aliphatic hydroxyl groups is 1. The Morgan fingerprint density at radius 1 is 1.14 bits per heavy atom. The van der Waals surface area contributed by atoms with Crippen LogP contribution in [0.15, 0.2) is 59.7 Å². The number of ether oxygens (including phenoxy) is 1. The zero-order valence-corrected chi connectivity index (χ0v) is 16.0. The molecule has 2 aromatic carbocycles. The predicted molar refractivity (Wildman–Crippen MR) is 108 cm³/mol. The smallest absolute Gasteiger partial charge is 0.159 e. The number of benzene rings is 2. The number of nitrogens with zero attached hydrogens (tertiary/aromatic N) is 2. The molecule has 0 bridgehead atoms. The summed E-state index contributed by atoms with van der Waals surface area (Å²) in [5, 5.41) is 20.9. The van der Waals surface area contributed by atoms with Crippen molar-refractivity contribution in [2.75, 3.05) is 19.7 Å². The van der Waals surface area contributed by atoms with E-state index in [0.29, 0.717) is 35.0 Å². The fourth-order valence-electron chi connectivity index (χ4n) is 3.02. The van der Waals surface area contributed by atoms with Gasteiger partial charge in [0.05, 0.1) is 24.4 Å². The number of thiazole rings is 1. The number of para-hydroxylation sites is 1. The fraction of sp³-hybridized carbons (Fsp3) is 0.143. The average Bonchev–Trinajstić information content (AvgIpc) is 3.29. The monoisotopic (exact) mass is 413 g/mol. The van der Waals surface area contributed by atoms with Gasteiger partial charge in [-0.05, 0) is 30.3 Å². The van der Waals surface area contributed by atoms with E-state index in [1.165, 1.54) is 17.4 Å². The molecule has 2 heterocycles. The van der Waals surface area contributed by atoms with E-state index < -0.39 is 11.6 Å². The van der Waals surface area contributed by atoms with Gasteiger partial charge >= 0.3 is 0 Å². The quantitative estimate of drug-likeness (QED) is 0.613. The van der Waals surface area contributed by atoms with E-state index >= 15 is 0 Å². The van der Waals surface area contributed by atoms with Crippen LogP contribution >= 0.6 is 11.3 Å². The Morgan fingerprint density at radius 2 is 1.93 bits per heavy atom. The van der Waals surface area contributed by atoms with Gasteiger partial charge in [-0.3, -0.25) is 5.41 Å². The SMILES string of the molecule is N=C1C(c2nc(-c3ccc(F)c(F)c3)cs2)=C(O)CN1CCOc1ccccc1. The van der Waals surface area contributed by atoms with Crippen LogP contribution < -0.4 is 4.74 Å². The summed E-state index contributed by atoms with van der Waals surface area (Å²) in [6, 6.07) is 12.9. The van der Waals surface area contributed by atoms with Gasteiger partial charge in [-0.15, -0.1) is 11.3 Å². The van der Waals surface area contributed by atoms with E-state index in [-0.39, 0.29) is 18.1 Å². The van der Waals surface area contributed by atoms with Crippen LogP contribution in [0.2, 0.25) is 0 Å². The van der Waals surface area contributed by atoms with E-state index in [2.05, 4.69) is 4.98 Å². The summed E-state index contributed by atoms with van der Waals surface area (Å²) >= 11 is 1.24. The second-order valence-electron chi connectivity index (χ2n) is 6.42. The Balaban J connectivity index is 1.45. The molecule has 0 unspecified atom stereocenters. The number of halogens is 2. The first-order valence-corrected chi connectivity index (χ1v) is 9.76. The fourth-order valence-corrected chi connectivity index (χ4v) is 3.91. The number of aromatic nitrogens is 1. The first kappa shape index (κ1) is 19.1. The molecule has 0 aliphatic carbocycles. The van der Waals surface area contributed by atoms with Crippen molar-refractivity contribution >= 4 is 22.7 Å². The standard InChI is InChI=1S/C21H17F2N3O2S/c22-15-7-6-13(10-16(15)23)17-12-29-21(25-17)19-18(27)11-26(20(19)24)8-9-28-14-4-2-1-3-5-14/h1-7,10,12,24,27H,8-9,11H2. The minimum Gasteiger partial charge on any atom is -0.510 e. The molecule has 0 fully saturated rings. The molecule has 5 nitrogen and oxygen atoms in total. The van der Waals surface area contributed by atoms with Crippen molar-refractivity contribution in [3.05, 3.63) is 76.3 Å². The molecule has 4 rings (SSSR count). The molecule has 0 atom stereocenters. The van der Waals surface area contributed by atoms with Crippen LogP contribution in [0.5, 0.6) is 5.75 Å². The molecule has 0 amide bonds. The van der Waals surface area contributed by atoms with Crippen molar-refractivity contribution < 1.29 is 18.6 Å². The number of aliphatic hydroxyl groups excluding tert-OH is 1. The first-order chi connectivity index (χ1) is 14.0. The number of hydrogen-bond donors (Lipinski definition) is 2. The third-order valence-corrected chi connectivity index (χ3v) is 5.35. The van der Waals surface area contributed by atoms with Crippen molar-refractivity contribution in [2.45, 2.75) is 0 Å². The van der Waals surface area contributed by atoms with Gasteiger partial charge in [0.1, 0.15) is 29.0 Å². The Morgan fingerprint density at radius 3 is 2.69 bits per heavy atom. The molecule has 0 saturated heterocycles. The Bertz CT molecular complexity index is 1080. The zero-order chi connectivity index (χ0) is 20.4. The molecule has 8 heteroatoms. The highest BCUT2D eigenvalue weighted by atomic mass is 32.1. The molecule has 0 spiro atoms. The van der Waals surface area contributed by atoms with E-state index in [1.807, 2.05) is 30.3 Å². The van der Waals surface area contributed by atoms with E-state index in [1.54, 1.807) is 10.3 Å². The van der Waals surface area contributed by atoms with Crippen LogP contribution in [-0.4, -0.2) is 40.5 Å². The number of nitrogens with one attached hydrogen (secondary N) is 1. The van der Waals surface area contributed by atoms with Crippen molar-refractivity contribution in [3.8, 4) is 17.0 Å². The van der Waals surface area contributed by atoms with Crippen molar-refractivity contribution in [3.63, 3.8) is 0 Å². The lowest BCUT2D eigenvalue weighted by atomic mass is 10.1. The second-order valence-corrected chi connectivity index (χ2v) is 7.28. The number of hydrogen-bond acceptors (Lipinski definition) is 5. The molecule has 1 aliphatic heterocycles. The summed E-state index contributed by atoms with van der Waals surface area (Å²) in [6.45, 7) is 1.00. The van der Waals surface area contributed by atoms with E-state index in [9.17, 15) is 13.9 Å². The van der Waals surface area contributed by atoms with Crippen LogP contribution in [-0.2, 0) is 0 Å². The van der Waals surface area contributed by atoms with Crippen LogP contribution in [0, 0.1) is 17.0 Å². The van der Waals surface area contributed by atoms with Crippen LogP contribution in [0.25, 0.3) is 16.8 Å². The normalized spacial score (nSPS) is 14.0. The molecule has 2 N–H and O–H groups in total. The highest BCUT2D eigenvalue weighted by Gasteiger charge is 2.30. The lowest BCUT2D eigenvalue weighted by Gasteiger charge is -2.18. The summed E-state index contributed by atoms with van der Waals surface area (Å²) in [4.78, 5) is 6.11. The predicted octanol–water partition coefficient (Wildman–Crippen LogP) is 4.73. The van der Waals surface area contributed by atoms with Crippen LogP contribution in [0.3, 0.4) is 0 Å². The molecule has 1 aromatic heterocycles. The minimum atomic E-state index is -0.947. The van der Waals surface area contributed by atoms with Crippen molar-refractivity contribution in [1.29, 1.82) is 5.41 Å². The first-order valence-electron chi connectivity index (χ1n) is 8.88. The highest BCUT2D eigenvalue weighted by molar-refractivity contribution is 7.11.